The summed E-state index contributed by atoms with van der Waals surface area (Å²) in [6.07, 6.45) is 1.55. The van der Waals surface area contributed by atoms with E-state index in [0.29, 0.717) is 5.69 Å². The second kappa shape index (κ2) is 7.46. The molecule has 2 amide bonds. The number of piperazine rings is 1. The molecule has 1 saturated heterocycles. The van der Waals surface area contributed by atoms with Crippen molar-refractivity contribution in [3.8, 4) is 0 Å². The van der Waals surface area contributed by atoms with Gasteiger partial charge in [-0.25, -0.2) is 0 Å². The van der Waals surface area contributed by atoms with Crippen LogP contribution >= 0.6 is 12.6 Å². The lowest BCUT2D eigenvalue weighted by Crippen LogP contribution is -2.52. The van der Waals surface area contributed by atoms with E-state index in [9.17, 15) is 9.59 Å². The van der Waals surface area contributed by atoms with Crippen LogP contribution in [0.25, 0.3) is 0 Å². The third-order valence-corrected chi connectivity index (χ3v) is 3.79. The van der Waals surface area contributed by atoms with Crippen molar-refractivity contribution in [3.63, 3.8) is 0 Å². The first-order valence-electron chi connectivity index (χ1n) is 7.01. The Morgan fingerprint density at radius 2 is 2.14 bits per heavy atom. The van der Waals surface area contributed by atoms with Gasteiger partial charge >= 0.3 is 0 Å². The van der Waals surface area contributed by atoms with Crippen molar-refractivity contribution in [2.45, 2.75) is 13.0 Å². The van der Waals surface area contributed by atoms with Crippen LogP contribution in [0.15, 0.2) is 12.3 Å². The van der Waals surface area contributed by atoms with Gasteiger partial charge in [0.15, 0.2) is 0 Å². The van der Waals surface area contributed by atoms with E-state index in [1.165, 1.54) is 0 Å². The molecule has 0 aromatic carbocycles. The molecule has 0 saturated carbocycles. The van der Waals surface area contributed by atoms with E-state index in [1.54, 1.807) is 12.3 Å². The van der Waals surface area contributed by atoms with Gasteiger partial charge in [-0.3, -0.25) is 19.6 Å². The highest BCUT2D eigenvalue weighted by Gasteiger charge is 2.21. The monoisotopic (exact) mass is 311 g/mol. The average molecular weight is 311 g/mol. The number of H-pyrrole nitrogens is 1. The van der Waals surface area contributed by atoms with Gasteiger partial charge in [-0.1, -0.05) is 0 Å². The number of aromatic amines is 1. The lowest BCUT2D eigenvalue weighted by molar-refractivity contribution is -0.130. The van der Waals surface area contributed by atoms with E-state index in [4.69, 9.17) is 0 Å². The normalized spacial score (nSPS) is 17.5. The fourth-order valence-corrected chi connectivity index (χ4v) is 2.60. The number of rotatable bonds is 5. The highest BCUT2D eigenvalue weighted by Crippen LogP contribution is 2.04. The first-order chi connectivity index (χ1) is 10.1. The van der Waals surface area contributed by atoms with Crippen LogP contribution in [0.1, 0.15) is 17.4 Å². The summed E-state index contributed by atoms with van der Waals surface area (Å²) in [6.45, 7) is 5.83. The molecule has 1 unspecified atom stereocenters. The molecule has 1 aromatic rings. The number of hydrogen-bond acceptors (Lipinski definition) is 5. The molecule has 0 bridgehead atoms. The van der Waals surface area contributed by atoms with E-state index in [2.05, 4.69) is 33.0 Å². The van der Waals surface area contributed by atoms with E-state index in [-0.39, 0.29) is 23.6 Å². The van der Waals surface area contributed by atoms with Crippen molar-refractivity contribution >= 4 is 24.4 Å². The molecule has 8 heteroatoms. The van der Waals surface area contributed by atoms with Crippen molar-refractivity contribution in [1.82, 2.24) is 25.3 Å². The number of nitrogens with one attached hydrogen (secondary N) is 2. The minimum atomic E-state index is -0.149. The third-order valence-electron chi connectivity index (χ3n) is 3.52. The van der Waals surface area contributed by atoms with Gasteiger partial charge in [0.25, 0.3) is 5.91 Å². The molecule has 0 aliphatic carbocycles. The lowest BCUT2D eigenvalue weighted by atomic mass is 10.2. The fourth-order valence-electron chi connectivity index (χ4n) is 2.40. The number of thiol groups is 1. The number of hydrogen-bond donors (Lipinski definition) is 3. The molecule has 0 radical (unpaired) electrons. The molecule has 7 nitrogen and oxygen atoms in total. The zero-order valence-corrected chi connectivity index (χ0v) is 13.0. The smallest absolute Gasteiger partial charge is 0.269 e. The van der Waals surface area contributed by atoms with Crippen LogP contribution in [-0.4, -0.2) is 76.3 Å². The molecule has 1 aliphatic rings. The molecule has 1 fully saturated rings. The van der Waals surface area contributed by atoms with Crippen molar-refractivity contribution in [2.75, 3.05) is 38.5 Å². The van der Waals surface area contributed by atoms with Crippen molar-refractivity contribution in [1.29, 1.82) is 0 Å². The molecule has 0 spiro atoms. The van der Waals surface area contributed by atoms with Gasteiger partial charge in [0.1, 0.15) is 5.69 Å². The highest BCUT2D eigenvalue weighted by atomic mass is 32.1. The zero-order chi connectivity index (χ0) is 15.2. The molecule has 1 atom stereocenters. The summed E-state index contributed by atoms with van der Waals surface area (Å²) in [5, 5.41) is 9.33. The first-order valence-corrected chi connectivity index (χ1v) is 7.64. The van der Waals surface area contributed by atoms with Crippen molar-refractivity contribution in [2.24, 2.45) is 0 Å². The predicted molar refractivity (Wildman–Crippen MR) is 82.4 cm³/mol. The molecular weight excluding hydrogens is 290 g/mol. The summed E-state index contributed by atoms with van der Waals surface area (Å²) in [4.78, 5) is 27.5. The Morgan fingerprint density at radius 3 is 2.71 bits per heavy atom. The van der Waals surface area contributed by atoms with Crippen LogP contribution in [0.2, 0.25) is 0 Å². The number of amides is 2. The Hall–Kier alpha value is -1.54. The summed E-state index contributed by atoms with van der Waals surface area (Å²) in [5.74, 6) is 0.193. The second-order valence-corrected chi connectivity index (χ2v) is 5.50. The summed E-state index contributed by atoms with van der Waals surface area (Å²) >= 11 is 4.01. The molecule has 1 aliphatic heterocycles. The van der Waals surface area contributed by atoms with E-state index in [0.717, 1.165) is 32.7 Å². The van der Waals surface area contributed by atoms with Crippen LogP contribution in [-0.2, 0) is 4.79 Å². The van der Waals surface area contributed by atoms with Crippen LogP contribution in [0, 0.1) is 0 Å². The summed E-state index contributed by atoms with van der Waals surface area (Å²) < 4.78 is 0. The van der Waals surface area contributed by atoms with E-state index >= 15 is 0 Å². The number of aromatic nitrogens is 2. The van der Waals surface area contributed by atoms with E-state index < -0.39 is 0 Å². The minimum Gasteiger partial charge on any atom is -0.347 e. The Morgan fingerprint density at radius 1 is 1.43 bits per heavy atom. The lowest BCUT2D eigenvalue weighted by Gasteiger charge is -2.35. The van der Waals surface area contributed by atoms with Gasteiger partial charge in [-0.05, 0) is 13.0 Å². The standard InChI is InChI=1S/C13H21N5O2S/c1-10(15-13(20)11-2-3-14-16-11)8-17-4-6-18(7-5-17)12(19)9-21/h2-3,10,21H,4-9H2,1H3,(H,14,16)(H,15,20). The predicted octanol–water partition coefficient (Wildman–Crippen LogP) is -0.398. The number of carbonyl (C=O) groups is 2. The Labute approximate surface area is 129 Å². The van der Waals surface area contributed by atoms with Gasteiger partial charge in [0.05, 0.1) is 5.75 Å². The largest absolute Gasteiger partial charge is 0.347 e. The summed E-state index contributed by atoms with van der Waals surface area (Å²) in [7, 11) is 0. The molecule has 21 heavy (non-hydrogen) atoms. The molecule has 2 rings (SSSR count). The summed E-state index contributed by atoms with van der Waals surface area (Å²) in [6, 6.07) is 1.68. The maximum absolute atomic E-state index is 11.9. The van der Waals surface area contributed by atoms with Crippen LogP contribution in [0.4, 0.5) is 0 Å². The van der Waals surface area contributed by atoms with Crippen LogP contribution in [0.3, 0.4) is 0 Å². The van der Waals surface area contributed by atoms with Gasteiger partial charge in [0.2, 0.25) is 5.91 Å². The minimum absolute atomic E-state index is 0.0351. The molecule has 2 heterocycles. The first kappa shape index (κ1) is 15.8. The fraction of sp³-hybridized carbons (Fsp3) is 0.615. The Balaban J connectivity index is 1.73. The topological polar surface area (TPSA) is 81.3 Å². The van der Waals surface area contributed by atoms with Gasteiger partial charge in [-0.2, -0.15) is 17.7 Å². The molecule has 116 valence electrons. The molecular formula is C13H21N5O2S. The van der Waals surface area contributed by atoms with Crippen LogP contribution < -0.4 is 5.32 Å². The number of nitrogens with zero attached hydrogens (tertiary/aromatic N) is 3. The second-order valence-electron chi connectivity index (χ2n) is 5.18. The third kappa shape index (κ3) is 4.47. The quantitative estimate of drug-likeness (QED) is 0.647. The molecule has 1 aromatic heterocycles. The van der Waals surface area contributed by atoms with E-state index in [1.807, 2.05) is 11.8 Å². The number of carbonyl (C=O) groups excluding carboxylic acids is 2. The Bertz CT molecular complexity index is 471. The Kier molecular flexibility index (Phi) is 5.63. The van der Waals surface area contributed by atoms with Gasteiger partial charge < -0.3 is 10.2 Å². The molecule has 2 N–H and O–H groups in total. The van der Waals surface area contributed by atoms with Gasteiger partial charge in [-0.15, -0.1) is 0 Å². The zero-order valence-electron chi connectivity index (χ0n) is 12.1. The average Bonchev–Trinajstić information content (AvgIpc) is 3.01. The summed E-state index contributed by atoms with van der Waals surface area (Å²) in [5.41, 5.74) is 0.464. The maximum atomic E-state index is 11.9. The maximum Gasteiger partial charge on any atom is 0.269 e. The SMILES string of the molecule is CC(CN1CCN(C(=O)CS)CC1)NC(=O)c1ccn[nH]1. The van der Waals surface area contributed by atoms with Crippen molar-refractivity contribution in [3.05, 3.63) is 18.0 Å². The van der Waals surface area contributed by atoms with Crippen molar-refractivity contribution < 1.29 is 9.59 Å². The van der Waals surface area contributed by atoms with Gasteiger partial charge in [0, 0.05) is 45.0 Å². The highest BCUT2D eigenvalue weighted by molar-refractivity contribution is 7.81. The van der Waals surface area contributed by atoms with Crippen LogP contribution in [0.5, 0.6) is 0 Å².